The highest BCUT2D eigenvalue weighted by atomic mass is 32.2. The lowest BCUT2D eigenvalue weighted by Gasteiger charge is -2.38. The Labute approximate surface area is 194 Å². The van der Waals surface area contributed by atoms with E-state index in [-0.39, 0.29) is 24.3 Å². The average molecular weight is 453 g/mol. The molecule has 4 rings (SSSR count). The lowest BCUT2D eigenvalue weighted by atomic mass is 9.92. The van der Waals surface area contributed by atoms with Gasteiger partial charge in [0.05, 0.1) is 23.7 Å². The zero-order valence-corrected chi connectivity index (χ0v) is 20.2. The summed E-state index contributed by atoms with van der Waals surface area (Å²) in [5.41, 5.74) is 4.53. The lowest BCUT2D eigenvalue weighted by Crippen LogP contribution is -2.42. The highest BCUT2D eigenvalue weighted by Gasteiger charge is 2.41. The fourth-order valence-corrected chi connectivity index (χ4v) is 5.16. The van der Waals surface area contributed by atoms with Crippen molar-refractivity contribution in [1.29, 1.82) is 0 Å². The number of nitrogens with one attached hydrogen (secondary N) is 1. The summed E-state index contributed by atoms with van der Waals surface area (Å²) < 4.78 is 0. The molecule has 1 fully saturated rings. The number of carbonyl (C=O) groups is 2. The van der Waals surface area contributed by atoms with Crippen molar-refractivity contribution in [2.75, 3.05) is 19.6 Å². The van der Waals surface area contributed by atoms with Gasteiger partial charge in [-0.05, 0) is 57.4 Å². The Hall–Kier alpha value is -2.54. The molecule has 32 heavy (non-hydrogen) atoms. The number of amides is 2. The first-order valence-electron chi connectivity index (χ1n) is 11.5. The van der Waals surface area contributed by atoms with E-state index in [9.17, 15) is 9.59 Å². The summed E-state index contributed by atoms with van der Waals surface area (Å²) in [6, 6.07) is 8.02. The molecular weight excluding hydrogens is 420 g/mol. The molecule has 3 aliphatic rings. The number of carbonyl (C=O) groups excluding carboxylic acids is 2. The van der Waals surface area contributed by atoms with E-state index < -0.39 is 0 Å². The number of fused-ring (bicyclic) bond motifs is 1. The van der Waals surface area contributed by atoms with Crippen LogP contribution in [-0.2, 0) is 9.59 Å². The molecule has 0 saturated heterocycles. The van der Waals surface area contributed by atoms with E-state index >= 15 is 0 Å². The molecule has 2 amide bonds. The molecule has 1 N–H and O–H groups in total. The number of hydrogen-bond acceptors (Lipinski definition) is 5. The largest absolute Gasteiger partial charge is 0.355 e. The number of nitrogens with zero attached hydrogens (tertiary/aromatic N) is 3. The maximum Gasteiger partial charge on any atom is 0.254 e. The van der Waals surface area contributed by atoms with Crippen molar-refractivity contribution in [2.45, 2.75) is 53.0 Å². The lowest BCUT2D eigenvalue weighted by molar-refractivity contribution is -0.127. The summed E-state index contributed by atoms with van der Waals surface area (Å²) in [6.45, 7) is 10.0. The molecule has 1 saturated carbocycles. The highest BCUT2D eigenvalue weighted by molar-refractivity contribution is 8.16. The molecule has 7 heteroatoms. The van der Waals surface area contributed by atoms with Gasteiger partial charge >= 0.3 is 0 Å². The first-order valence-corrected chi connectivity index (χ1v) is 12.4. The summed E-state index contributed by atoms with van der Waals surface area (Å²) in [5.74, 6) is 0.674. The van der Waals surface area contributed by atoms with Crippen LogP contribution < -0.4 is 5.32 Å². The zero-order chi connectivity index (χ0) is 22.8. The molecule has 0 spiro atoms. The number of aliphatic imine (C=N–C) groups is 1. The fraction of sp³-hybridized carbons (Fsp3) is 0.480. The summed E-state index contributed by atoms with van der Waals surface area (Å²) in [7, 11) is 0. The van der Waals surface area contributed by atoms with E-state index in [0.717, 1.165) is 28.7 Å². The van der Waals surface area contributed by atoms with Crippen molar-refractivity contribution in [3.05, 3.63) is 57.8 Å². The molecule has 1 aliphatic carbocycles. The molecule has 1 unspecified atom stereocenters. The minimum Gasteiger partial charge on any atom is -0.355 e. The minimum atomic E-state index is -0.298. The maximum atomic E-state index is 13.6. The van der Waals surface area contributed by atoms with E-state index in [4.69, 9.17) is 4.99 Å². The molecule has 0 radical (unpaired) electrons. The molecular formula is C25H32N4O2S. The van der Waals surface area contributed by atoms with Crippen LogP contribution in [-0.4, -0.2) is 46.4 Å². The number of benzene rings is 1. The maximum absolute atomic E-state index is 13.6. The first kappa shape index (κ1) is 22.6. The standard InChI is InChI=1S/C25H32N4O2S/c1-5-28(6-2)24(31)22-17(4)27-25-29(23(22)19-11-7-16(3)8-12-19)20(15-32-25)13-21(30)26-14-18-9-10-18/h7-8,11-12,15,18,23H,5-6,9-10,13-14H2,1-4H3,(H,26,30). The SMILES string of the molecule is CCN(CC)C(=O)C1=C(C)N=C2SC=C(CC(=O)NCC3CC3)N2C1c1ccc(C)cc1. The third-order valence-corrected chi connectivity index (χ3v) is 7.19. The van der Waals surface area contributed by atoms with Gasteiger partial charge in [0.25, 0.3) is 5.91 Å². The van der Waals surface area contributed by atoms with Gasteiger partial charge in [0.2, 0.25) is 5.91 Å². The van der Waals surface area contributed by atoms with Crippen molar-refractivity contribution in [3.63, 3.8) is 0 Å². The van der Waals surface area contributed by atoms with Gasteiger partial charge < -0.3 is 15.1 Å². The zero-order valence-electron chi connectivity index (χ0n) is 19.4. The molecule has 2 heterocycles. The normalized spacial score (nSPS) is 20.0. The summed E-state index contributed by atoms with van der Waals surface area (Å²) in [5, 5.41) is 5.90. The van der Waals surface area contributed by atoms with Crippen molar-refractivity contribution in [3.8, 4) is 0 Å². The Kier molecular flexibility index (Phi) is 6.74. The summed E-state index contributed by atoms with van der Waals surface area (Å²) >= 11 is 1.53. The molecule has 1 atom stereocenters. The minimum absolute atomic E-state index is 0.00955. The second-order valence-corrected chi connectivity index (χ2v) is 9.54. The second kappa shape index (κ2) is 9.53. The van der Waals surface area contributed by atoms with Crippen molar-refractivity contribution in [2.24, 2.45) is 10.9 Å². The summed E-state index contributed by atoms with van der Waals surface area (Å²) in [4.78, 5) is 35.0. The van der Waals surface area contributed by atoms with Gasteiger partial charge in [-0.15, -0.1) is 0 Å². The molecule has 1 aromatic rings. The van der Waals surface area contributed by atoms with Crippen LogP contribution in [0, 0.1) is 12.8 Å². The smallest absolute Gasteiger partial charge is 0.254 e. The van der Waals surface area contributed by atoms with E-state index in [1.165, 1.54) is 30.2 Å². The number of thioether (sulfide) groups is 1. The van der Waals surface area contributed by atoms with Crippen LogP contribution in [0.5, 0.6) is 0 Å². The van der Waals surface area contributed by atoms with Crippen LogP contribution in [0.25, 0.3) is 0 Å². The van der Waals surface area contributed by atoms with Crippen LogP contribution in [0.2, 0.25) is 0 Å². The number of hydrogen-bond donors (Lipinski definition) is 1. The quantitative estimate of drug-likeness (QED) is 0.637. The first-order chi connectivity index (χ1) is 15.4. The van der Waals surface area contributed by atoms with Crippen LogP contribution >= 0.6 is 11.8 Å². The Morgan fingerprint density at radius 2 is 1.84 bits per heavy atom. The van der Waals surface area contributed by atoms with Gasteiger partial charge in [-0.3, -0.25) is 9.59 Å². The van der Waals surface area contributed by atoms with Crippen LogP contribution in [0.3, 0.4) is 0 Å². The predicted octanol–water partition coefficient (Wildman–Crippen LogP) is 4.35. The van der Waals surface area contributed by atoms with Crippen LogP contribution in [0.15, 0.2) is 51.6 Å². The van der Waals surface area contributed by atoms with Gasteiger partial charge in [0.1, 0.15) is 0 Å². The fourth-order valence-electron chi connectivity index (χ4n) is 4.20. The van der Waals surface area contributed by atoms with E-state index in [2.05, 4.69) is 41.4 Å². The van der Waals surface area contributed by atoms with Gasteiger partial charge in [-0.1, -0.05) is 41.6 Å². The van der Waals surface area contributed by atoms with Crippen molar-refractivity contribution in [1.82, 2.24) is 15.1 Å². The Balaban J connectivity index is 1.68. The number of allylic oxidation sites excluding steroid dienone is 1. The number of likely N-dealkylation sites (N-methyl/N-ethyl adjacent to an activating group) is 1. The molecule has 1 aromatic carbocycles. The number of rotatable bonds is 8. The molecule has 6 nitrogen and oxygen atoms in total. The van der Waals surface area contributed by atoms with Crippen LogP contribution in [0.1, 0.15) is 57.2 Å². The molecule has 170 valence electrons. The molecule has 2 aliphatic heterocycles. The molecule has 0 bridgehead atoms. The number of amidine groups is 1. The van der Waals surface area contributed by atoms with Crippen molar-refractivity contribution < 1.29 is 9.59 Å². The van der Waals surface area contributed by atoms with Gasteiger partial charge in [0.15, 0.2) is 5.17 Å². The monoisotopic (exact) mass is 452 g/mol. The topological polar surface area (TPSA) is 65.0 Å². The Morgan fingerprint density at radius 3 is 2.47 bits per heavy atom. The third-order valence-electron chi connectivity index (χ3n) is 6.30. The van der Waals surface area contributed by atoms with Gasteiger partial charge in [-0.25, -0.2) is 4.99 Å². The van der Waals surface area contributed by atoms with E-state index in [1.807, 2.05) is 31.1 Å². The average Bonchev–Trinajstić information content (AvgIpc) is 3.53. The number of aryl methyl sites for hydroxylation is 1. The van der Waals surface area contributed by atoms with E-state index in [1.54, 1.807) is 0 Å². The highest BCUT2D eigenvalue weighted by Crippen LogP contribution is 2.45. The summed E-state index contributed by atoms with van der Waals surface area (Å²) in [6.07, 6.45) is 2.70. The van der Waals surface area contributed by atoms with E-state index in [0.29, 0.717) is 24.6 Å². The second-order valence-electron chi connectivity index (χ2n) is 8.71. The van der Waals surface area contributed by atoms with Gasteiger partial charge in [-0.2, -0.15) is 0 Å². The Bertz CT molecular complexity index is 988. The van der Waals surface area contributed by atoms with Gasteiger partial charge in [0, 0.05) is 25.3 Å². The Morgan fingerprint density at radius 1 is 1.16 bits per heavy atom. The van der Waals surface area contributed by atoms with Crippen molar-refractivity contribution >= 4 is 28.7 Å². The molecule has 0 aromatic heterocycles. The predicted molar refractivity (Wildman–Crippen MR) is 130 cm³/mol. The third kappa shape index (κ3) is 4.63. The van der Waals surface area contributed by atoms with Crippen LogP contribution in [0.4, 0.5) is 0 Å².